The van der Waals surface area contributed by atoms with Crippen LogP contribution in [0.4, 0.5) is 19.0 Å². The van der Waals surface area contributed by atoms with Gasteiger partial charge in [0.05, 0.1) is 4.88 Å². The van der Waals surface area contributed by atoms with Crippen LogP contribution in [-0.2, 0) is 0 Å². The lowest BCUT2D eigenvalue weighted by Gasteiger charge is -2.15. The van der Waals surface area contributed by atoms with Crippen molar-refractivity contribution >= 4 is 23.1 Å². The number of ether oxygens (including phenoxy) is 1. The summed E-state index contributed by atoms with van der Waals surface area (Å²) in [6.07, 6.45) is 1.41. The zero-order valence-corrected chi connectivity index (χ0v) is 14.3. The summed E-state index contributed by atoms with van der Waals surface area (Å²) in [5, 5.41) is 0. The number of aromatic nitrogens is 1. The third-order valence-corrected chi connectivity index (χ3v) is 4.66. The molecule has 1 aromatic carbocycles. The summed E-state index contributed by atoms with van der Waals surface area (Å²) in [6, 6.07) is 12.2. The Balaban J connectivity index is 1.79. The molecule has 0 aliphatic rings. The molecule has 134 valence electrons. The lowest BCUT2D eigenvalue weighted by molar-refractivity contribution is -0.0498. The summed E-state index contributed by atoms with van der Waals surface area (Å²) in [5.41, 5.74) is 0.752. The van der Waals surface area contributed by atoms with Gasteiger partial charge in [-0.05, 0) is 54.1 Å². The lowest BCUT2D eigenvalue weighted by atomic mass is 10.2. The SMILES string of the molecule is CN(C(=O)c1ccc(-c2ccc(OC(F)F)cc2)s1)c1ncccc1F. The molecule has 0 fully saturated rings. The summed E-state index contributed by atoms with van der Waals surface area (Å²) in [7, 11) is 1.45. The Bertz CT molecular complexity index is 913. The van der Waals surface area contributed by atoms with Crippen molar-refractivity contribution in [3.63, 3.8) is 0 Å². The van der Waals surface area contributed by atoms with E-state index in [-0.39, 0.29) is 11.6 Å². The fourth-order valence-corrected chi connectivity index (χ4v) is 3.28. The monoisotopic (exact) mass is 378 g/mol. The molecule has 0 bridgehead atoms. The Labute approximate surface area is 151 Å². The summed E-state index contributed by atoms with van der Waals surface area (Å²) < 4.78 is 42.5. The van der Waals surface area contributed by atoms with Crippen molar-refractivity contribution in [3.05, 3.63) is 65.4 Å². The van der Waals surface area contributed by atoms with Crippen LogP contribution in [0.5, 0.6) is 5.75 Å². The Morgan fingerprint density at radius 1 is 1.15 bits per heavy atom. The normalized spacial score (nSPS) is 10.8. The number of carbonyl (C=O) groups is 1. The first kappa shape index (κ1) is 17.9. The van der Waals surface area contributed by atoms with Crippen LogP contribution < -0.4 is 9.64 Å². The Morgan fingerprint density at radius 3 is 2.54 bits per heavy atom. The average molecular weight is 378 g/mol. The van der Waals surface area contributed by atoms with Gasteiger partial charge in [0.1, 0.15) is 5.75 Å². The molecule has 0 unspecified atom stereocenters. The van der Waals surface area contributed by atoms with Crippen LogP contribution in [0.3, 0.4) is 0 Å². The largest absolute Gasteiger partial charge is 0.435 e. The fraction of sp³-hybridized carbons (Fsp3) is 0.111. The third kappa shape index (κ3) is 3.85. The van der Waals surface area contributed by atoms with E-state index in [1.165, 1.54) is 48.8 Å². The zero-order chi connectivity index (χ0) is 18.7. The Morgan fingerprint density at radius 2 is 1.88 bits per heavy atom. The van der Waals surface area contributed by atoms with Gasteiger partial charge < -0.3 is 4.74 Å². The van der Waals surface area contributed by atoms with Gasteiger partial charge in [-0.15, -0.1) is 11.3 Å². The van der Waals surface area contributed by atoms with Crippen LogP contribution in [0.15, 0.2) is 54.7 Å². The first-order chi connectivity index (χ1) is 12.5. The van der Waals surface area contributed by atoms with Crippen LogP contribution in [-0.4, -0.2) is 24.6 Å². The van der Waals surface area contributed by atoms with Crippen LogP contribution in [0, 0.1) is 5.82 Å². The molecule has 3 rings (SSSR count). The summed E-state index contributed by atoms with van der Waals surface area (Å²) >= 11 is 1.21. The quantitative estimate of drug-likeness (QED) is 0.639. The van der Waals surface area contributed by atoms with E-state index < -0.39 is 18.3 Å². The van der Waals surface area contributed by atoms with Crippen molar-refractivity contribution in [3.8, 4) is 16.2 Å². The first-order valence-corrected chi connectivity index (χ1v) is 8.31. The molecule has 4 nitrogen and oxygen atoms in total. The van der Waals surface area contributed by atoms with E-state index in [4.69, 9.17) is 0 Å². The summed E-state index contributed by atoms with van der Waals surface area (Å²) in [4.78, 5) is 18.7. The van der Waals surface area contributed by atoms with Crippen LogP contribution in [0.1, 0.15) is 9.67 Å². The number of pyridine rings is 1. The minimum Gasteiger partial charge on any atom is -0.435 e. The van der Waals surface area contributed by atoms with Crippen molar-refractivity contribution in [2.24, 2.45) is 0 Å². The maximum atomic E-state index is 13.8. The molecule has 2 heterocycles. The molecule has 0 atom stereocenters. The molecule has 26 heavy (non-hydrogen) atoms. The van der Waals surface area contributed by atoms with Gasteiger partial charge in [0.2, 0.25) is 0 Å². The van der Waals surface area contributed by atoms with Crippen molar-refractivity contribution in [1.29, 1.82) is 0 Å². The third-order valence-electron chi connectivity index (χ3n) is 3.54. The number of rotatable bonds is 5. The van der Waals surface area contributed by atoms with Gasteiger partial charge in [0.25, 0.3) is 5.91 Å². The van der Waals surface area contributed by atoms with Gasteiger partial charge in [-0.1, -0.05) is 0 Å². The molecule has 2 aromatic heterocycles. The van der Waals surface area contributed by atoms with Gasteiger partial charge >= 0.3 is 6.61 Å². The lowest BCUT2D eigenvalue weighted by Crippen LogP contribution is -2.27. The van der Waals surface area contributed by atoms with Gasteiger partial charge in [0.15, 0.2) is 11.6 Å². The second-order valence-corrected chi connectivity index (χ2v) is 6.32. The average Bonchev–Trinajstić information content (AvgIpc) is 3.11. The Kier molecular flexibility index (Phi) is 5.22. The second kappa shape index (κ2) is 7.57. The maximum Gasteiger partial charge on any atom is 0.387 e. The topological polar surface area (TPSA) is 42.4 Å². The number of hydrogen-bond donors (Lipinski definition) is 0. The summed E-state index contributed by atoms with van der Waals surface area (Å²) in [5.74, 6) is -0.978. The van der Waals surface area contributed by atoms with Crippen LogP contribution >= 0.6 is 11.3 Å². The van der Waals surface area contributed by atoms with E-state index in [0.29, 0.717) is 4.88 Å². The van der Waals surface area contributed by atoms with Crippen LogP contribution in [0.2, 0.25) is 0 Å². The van der Waals surface area contributed by atoms with Gasteiger partial charge in [-0.3, -0.25) is 9.69 Å². The van der Waals surface area contributed by atoms with E-state index >= 15 is 0 Å². The number of hydrogen-bond acceptors (Lipinski definition) is 4. The van der Waals surface area contributed by atoms with Crippen molar-refractivity contribution in [2.45, 2.75) is 6.61 Å². The molecule has 3 aromatic rings. The molecule has 0 saturated carbocycles. The molecule has 0 N–H and O–H groups in total. The second-order valence-electron chi connectivity index (χ2n) is 5.24. The van der Waals surface area contributed by atoms with Crippen LogP contribution in [0.25, 0.3) is 10.4 Å². The van der Waals surface area contributed by atoms with Crippen molar-refractivity contribution in [2.75, 3.05) is 11.9 Å². The van der Waals surface area contributed by atoms with Gasteiger partial charge in [0, 0.05) is 18.1 Å². The molecule has 0 aliphatic carbocycles. The van der Waals surface area contributed by atoms with Gasteiger partial charge in [-0.2, -0.15) is 8.78 Å². The number of thiophene rings is 1. The molecule has 0 aliphatic heterocycles. The molecule has 8 heteroatoms. The highest BCUT2D eigenvalue weighted by Crippen LogP contribution is 2.31. The van der Waals surface area contributed by atoms with Crippen molar-refractivity contribution in [1.82, 2.24) is 4.98 Å². The predicted molar refractivity (Wildman–Crippen MR) is 93.3 cm³/mol. The highest BCUT2D eigenvalue weighted by molar-refractivity contribution is 7.17. The smallest absolute Gasteiger partial charge is 0.387 e. The molecular formula is C18H13F3N2O2S. The fourth-order valence-electron chi connectivity index (χ4n) is 2.29. The number of carbonyl (C=O) groups excluding carboxylic acids is 1. The van der Waals surface area contributed by atoms with Gasteiger partial charge in [-0.25, -0.2) is 9.37 Å². The standard InChI is InChI=1S/C18H13F3N2O2S/c1-23(16-13(19)3-2-10-22-16)17(24)15-9-8-14(26-15)11-4-6-12(7-5-11)25-18(20)21/h2-10,18H,1H3. The molecular weight excluding hydrogens is 365 g/mol. The van der Waals surface area contributed by atoms with E-state index in [0.717, 1.165) is 15.3 Å². The number of amides is 1. The zero-order valence-electron chi connectivity index (χ0n) is 13.5. The van der Waals surface area contributed by atoms with Crippen molar-refractivity contribution < 1.29 is 22.7 Å². The molecule has 1 amide bonds. The number of benzene rings is 1. The molecule has 0 spiro atoms. The molecule has 0 saturated heterocycles. The predicted octanol–water partition coefficient (Wildman–Crippen LogP) is 4.83. The Hall–Kier alpha value is -2.87. The highest BCUT2D eigenvalue weighted by Gasteiger charge is 2.19. The minimum absolute atomic E-state index is 0.0547. The minimum atomic E-state index is -2.88. The number of anilines is 1. The summed E-state index contributed by atoms with van der Waals surface area (Å²) in [6.45, 7) is -2.88. The molecule has 0 radical (unpaired) electrons. The van der Waals surface area contributed by atoms with E-state index in [9.17, 15) is 18.0 Å². The maximum absolute atomic E-state index is 13.8. The highest BCUT2D eigenvalue weighted by atomic mass is 32.1. The number of alkyl halides is 2. The first-order valence-electron chi connectivity index (χ1n) is 7.49. The van der Waals surface area contributed by atoms with E-state index in [2.05, 4.69) is 9.72 Å². The number of nitrogens with zero attached hydrogens (tertiary/aromatic N) is 2. The van der Waals surface area contributed by atoms with E-state index in [1.54, 1.807) is 24.3 Å². The number of halogens is 3. The van der Waals surface area contributed by atoms with E-state index in [1.807, 2.05) is 0 Å².